The summed E-state index contributed by atoms with van der Waals surface area (Å²) in [6.07, 6.45) is 9.63. The van der Waals surface area contributed by atoms with Gasteiger partial charge >= 0.3 is 0 Å². The fraction of sp³-hybridized carbons (Fsp3) is 0.481. The number of pyridine rings is 1. The summed E-state index contributed by atoms with van der Waals surface area (Å²) in [5.41, 5.74) is 3.82. The maximum absolute atomic E-state index is 13.8. The van der Waals surface area contributed by atoms with Crippen LogP contribution in [-0.4, -0.2) is 53.6 Å². The summed E-state index contributed by atoms with van der Waals surface area (Å²) in [6.45, 7) is 4.64. The van der Waals surface area contributed by atoms with Crippen molar-refractivity contribution in [3.8, 4) is 5.75 Å². The molecule has 6 heteroatoms. The van der Waals surface area contributed by atoms with Gasteiger partial charge in [-0.1, -0.05) is 36.4 Å². The minimum atomic E-state index is -0.0789. The van der Waals surface area contributed by atoms with Gasteiger partial charge in [0, 0.05) is 57.4 Å². The van der Waals surface area contributed by atoms with Gasteiger partial charge in [0.1, 0.15) is 11.3 Å². The van der Waals surface area contributed by atoms with Crippen LogP contribution in [0, 0.1) is 5.92 Å². The smallest absolute Gasteiger partial charge is 0.259 e. The molecule has 0 fully saturated rings. The van der Waals surface area contributed by atoms with Crippen molar-refractivity contribution >= 4 is 5.91 Å². The number of aromatic nitrogens is 1. The highest BCUT2D eigenvalue weighted by molar-refractivity contribution is 5.98. The van der Waals surface area contributed by atoms with Crippen molar-refractivity contribution in [1.82, 2.24) is 14.4 Å². The molecule has 0 bridgehead atoms. The molecule has 1 aromatic carbocycles. The van der Waals surface area contributed by atoms with Crippen molar-refractivity contribution in [2.24, 2.45) is 5.92 Å². The Morgan fingerprint density at radius 2 is 1.91 bits per heavy atom. The van der Waals surface area contributed by atoms with Gasteiger partial charge in [0.15, 0.2) is 0 Å². The Morgan fingerprint density at radius 3 is 2.70 bits per heavy atom. The van der Waals surface area contributed by atoms with E-state index in [4.69, 9.17) is 4.74 Å². The first-order valence-corrected chi connectivity index (χ1v) is 12.2. The number of benzene rings is 1. The fourth-order valence-corrected chi connectivity index (χ4v) is 5.58. The van der Waals surface area contributed by atoms with Crippen molar-refractivity contribution < 1.29 is 9.53 Å². The maximum Gasteiger partial charge on any atom is 0.259 e. The van der Waals surface area contributed by atoms with Gasteiger partial charge < -0.3 is 19.1 Å². The first-order valence-electron chi connectivity index (χ1n) is 12.2. The molecule has 1 unspecified atom stereocenters. The van der Waals surface area contributed by atoms with E-state index in [9.17, 15) is 9.59 Å². The third-order valence-electron chi connectivity index (χ3n) is 7.43. The second-order valence-electron chi connectivity index (χ2n) is 9.47. The molecule has 1 amide bonds. The minimum absolute atomic E-state index is 0.0315. The van der Waals surface area contributed by atoms with Crippen LogP contribution in [-0.2, 0) is 25.9 Å². The summed E-state index contributed by atoms with van der Waals surface area (Å²) in [7, 11) is 1.55. The first kappa shape index (κ1) is 22.0. The van der Waals surface area contributed by atoms with Gasteiger partial charge in [0.05, 0.1) is 7.11 Å². The van der Waals surface area contributed by atoms with Crippen LogP contribution in [0.4, 0.5) is 0 Å². The molecule has 5 rings (SSSR count). The molecule has 0 saturated heterocycles. The monoisotopic (exact) mass is 447 g/mol. The van der Waals surface area contributed by atoms with E-state index < -0.39 is 0 Å². The highest BCUT2D eigenvalue weighted by Crippen LogP contribution is 2.28. The lowest BCUT2D eigenvalue weighted by molar-refractivity contribution is 0.0728. The van der Waals surface area contributed by atoms with E-state index in [-0.39, 0.29) is 11.5 Å². The van der Waals surface area contributed by atoms with Gasteiger partial charge in [-0.25, -0.2) is 0 Å². The quantitative estimate of drug-likeness (QED) is 0.675. The van der Waals surface area contributed by atoms with Gasteiger partial charge in [-0.05, 0) is 42.7 Å². The number of nitrogens with zero attached hydrogens (tertiary/aromatic N) is 3. The molecular formula is C27H33N3O3. The predicted octanol–water partition coefficient (Wildman–Crippen LogP) is 3.27. The molecular weight excluding hydrogens is 414 g/mol. The molecule has 0 spiro atoms. The van der Waals surface area contributed by atoms with Crippen molar-refractivity contribution in [3.63, 3.8) is 0 Å². The Morgan fingerprint density at radius 1 is 1.06 bits per heavy atom. The summed E-state index contributed by atoms with van der Waals surface area (Å²) >= 11 is 0. The van der Waals surface area contributed by atoms with E-state index in [0.29, 0.717) is 43.3 Å². The van der Waals surface area contributed by atoms with Crippen LogP contribution in [0.2, 0.25) is 0 Å². The SMILES string of the molecule is COc1cc(=O)n2c(c1C(=O)N1CCc3ccccc3C1)CCN(CC1CC=CCC1)CC2. The molecule has 33 heavy (non-hydrogen) atoms. The summed E-state index contributed by atoms with van der Waals surface area (Å²) in [5, 5.41) is 0. The molecule has 6 nitrogen and oxygen atoms in total. The molecule has 1 aliphatic carbocycles. The van der Waals surface area contributed by atoms with Crippen LogP contribution in [0.25, 0.3) is 0 Å². The van der Waals surface area contributed by atoms with E-state index in [1.165, 1.54) is 23.6 Å². The zero-order chi connectivity index (χ0) is 22.8. The van der Waals surface area contributed by atoms with Crippen molar-refractivity contribution in [1.29, 1.82) is 0 Å². The lowest BCUT2D eigenvalue weighted by Gasteiger charge is -2.30. The average molecular weight is 448 g/mol. The molecule has 1 atom stereocenters. The van der Waals surface area contributed by atoms with Crippen molar-refractivity contribution in [3.05, 3.63) is 75.2 Å². The summed E-state index contributed by atoms with van der Waals surface area (Å²) in [4.78, 5) is 31.1. The highest BCUT2D eigenvalue weighted by Gasteiger charge is 2.30. The zero-order valence-corrected chi connectivity index (χ0v) is 19.5. The van der Waals surface area contributed by atoms with Crippen molar-refractivity contribution in [2.75, 3.05) is 33.3 Å². The molecule has 2 aliphatic heterocycles. The van der Waals surface area contributed by atoms with Crippen LogP contribution >= 0.6 is 0 Å². The number of carbonyl (C=O) groups is 1. The van der Waals surface area contributed by atoms with Gasteiger partial charge in [-0.2, -0.15) is 0 Å². The van der Waals surface area contributed by atoms with E-state index in [0.717, 1.165) is 44.6 Å². The zero-order valence-electron chi connectivity index (χ0n) is 19.5. The number of fused-ring (bicyclic) bond motifs is 2. The van der Waals surface area contributed by atoms with Crippen LogP contribution in [0.5, 0.6) is 5.75 Å². The minimum Gasteiger partial charge on any atom is -0.496 e. The molecule has 2 aromatic rings. The van der Waals surface area contributed by atoms with Crippen LogP contribution in [0.15, 0.2) is 47.3 Å². The Hall–Kier alpha value is -2.86. The molecule has 0 N–H and O–H groups in total. The Bertz CT molecular complexity index is 1120. The first-order chi connectivity index (χ1) is 16.1. The molecule has 174 valence electrons. The topological polar surface area (TPSA) is 54.8 Å². The van der Waals surface area contributed by atoms with Crippen LogP contribution < -0.4 is 10.3 Å². The van der Waals surface area contributed by atoms with Gasteiger partial charge in [0.25, 0.3) is 11.5 Å². The Labute approximate surface area is 195 Å². The Balaban J connectivity index is 1.42. The lowest BCUT2D eigenvalue weighted by Crippen LogP contribution is -2.38. The van der Waals surface area contributed by atoms with Crippen molar-refractivity contribution in [2.45, 2.75) is 45.2 Å². The number of hydrogen-bond donors (Lipinski definition) is 0. The number of ether oxygens (including phenoxy) is 1. The maximum atomic E-state index is 13.8. The normalized spacial score (nSPS) is 20.6. The number of carbonyl (C=O) groups excluding carboxylic acids is 1. The number of allylic oxidation sites excluding steroid dienone is 2. The van der Waals surface area contributed by atoms with E-state index in [1.54, 1.807) is 7.11 Å². The van der Waals surface area contributed by atoms with E-state index in [2.05, 4.69) is 35.3 Å². The summed E-state index contributed by atoms with van der Waals surface area (Å²) in [5.74, 6) is 1.05. The largest absolute Gasteiger partial charge is 0.496 e. The van der Waals surface area contributed by atoms with Crippen LogP contribution in [0.3, 0.4) is 0 Å². The number of amides is 1. The standard InChI is InChI=1S/C27H33N3O3/c1-33-24-17-25(31)30-16-15-28(18-20-7-3-2-4-8-20)13-12-23(30)26(24)27(32)29-14-11-21-9-5-6-10-22(21)19-29/h2-3,5-6,9-10,17,20H,4,7-8,11-16,18-19H2,1H3. The second kappa shape index (κ2) is 9.56. The number of hydrogen-bond acceptors (Lipinski definition) is 4. The molecule has 3 aliphatic rings. The van der Waals surface area contributed by atoms with Gasteiger partial charge in [-0.3, -0.25) is 9.59 Å². The van der Waals surface area contributed by atoms with E-state index in [1.807, 2.05) is 15.5 Å². The fourth-order valence-electron chi connectivity index (χ4n) is 5.58. The third kappa shape index (κ3) is 4.49. The molecule has 3 heterocycles. The molecule has 0 saturated carbocycles. The average Bonchev–Trinajstić information content (AvgIpc) is 3.07. The second-order valence-corrected chi connectivity index (χ2v) is 9.47. The van der Waals surface area contributed by atoms with Crippen LogP contribution in [0.1, 0.15) is 46.4 Å². The third-order valence-corrected chi connectivity index (χ3v) is 7.43. The van der Waals surface area contributed by atoms with E-state index >= 15 is 0 Å². The predicted molar refractivity (Wildman–Crippen MR) is 129 cm³/mol. The summed E-state index contributed by atoms with van der Waals surface area (Å²) in [6, 6.07) is 9.81. The Kier molecular flexibility index (Phi) is 6.36. The number of rotatable bonds is 4. The summed E-state index contributed by atoms with van der Waals surface area (Å²) < 4.78 is 7.39. The highest BCUT2D eigenvalue weighted by atomic mass is 16.5. The number of methoxy groups -OCH3 is 1. The molecule has 0 radical (unpaired) electrons. The lowest BCUT2D eigenvalue weighted by atomic mass is 9.94. The van der Waals surface area contributed by atoms with Gasteiger partial charge in [0.2, 0.25) is 0 Å². The molecule has 1 aromatic heterocycles. The van der Waals surface area contributed by atoms with Gasteiger partial charge in [-0.15, -0.1) is 0 Å².